The molecule has 0 aliphatic carbocycles. The van der Waals surface area contributed by atoms with E-state index in [-0.39, 0.29) is 5.91 Å². The molecular formula is C13H9Br2NO. The van der Waals surface area contributed by atoms with Gasteiger partial charge in [-0.3, -0.25) is 4.79 Å². The second kappa shape index (κ2) is 5.47. The smallest absolute Gasteiger partial charge is 0.256 e. The number of carbonyl (C=O) groups is 1. The summed E-state index contributed by atoms with van der Waals surface area (Å²) in [5.74, 6) is -0.135. The van der Waals surface area contributed by atoms with E-state index in [9.17, 15) is 4.79 Å². The Bertz CT molecular complexity index is 555. The van der Waals surface area contributed by atoms with E-state index in [1.54, 1.807) is 6.07 Å². The van der Waals surface area contributed by atoms with Gasteiger partial charge in [0.1, 0.15) is 0 Å². The quantitative estimate of drug-likeness (QED) is 0.847. The van der Waals surface area contributed by atoms with Crippen LogP contribution >= 0.6 is 31.9 Å². The van der Waals surface area contributed by atoms with Crippen LogP contribution in [0.15, 0.2) is 57.5 Å². The second-order valence-corrected chi connectivity index (χ2v) is 5.12. The van der Waals surface area contributed by atoms with Gasteiger partial charge in [-0.05, 0) is 56.1 Å². The van der Waals surface area contributed by atoms with Gasteiger partial charge >= 0.3 is 0 Å². The van der Waals surface area contributed by atoms with Gasteiger partial charge in [-0.15, -0.1) is 0 Å². The largest absolute Gasteiger partial charge is 0.321 e. The van der Waals surface area contributed by atoms with Crippen molar-refractivity contribution in [2.24, 2.45) is 0 Å². The highest BCUT2D eigenvalue weighted by molar-refractivity contribution is 9.11. The van der Waals surface area contributed by atoms with E-state index < -0.39 is 0 Å². The maximum absolute atomic E-state index is 12.0. The van der Waals surface area contributed by atoms with Gasteiger partial charge in [0.15, 0.2) is 0 Å². The van der Waals surface area contributed by atoms with Crippen LogP contribution in [0.3, 0.4) is 0 Å². The highest BCUT2D eigenvalue weighted by Crippen LogP contribution is 2.23. The van der Waals surface area contributed by atoms with E-state index in [1.807, 2.05) is 42.5 Å². The molecule has 1 amide bonds. The average Bonchev–Trinajstić information content (AvgIpc) is 2.32. The van der Waals surface area contributed by atoms with Gasteiger partial charge in [0.25, 0.3) is 5.91 Å². The molecule has 4 heteroatoms. The summed E-state index contributed by atoms with van der Waals surface area (Å²) in [6.45, 7) is 0. The van der Waals surface area contributed by atoms with Crippen LogP contribution in [0.5, 0.6) is 0 Å². The zero-order valence-electron chi connectivity index (χ0n) is 8.78. The van der Waals surface area contributed by atoms with E-state index >= 15 is 0 Å². The first-order valence-electron chi connectivity index (χ1n) is 4.99. The maximum Gasteiger partial charge on any atom is 0.256 e. The van der Waals surface area contributed by atoms with Gasteiger partial charge in [0, 0.05) is 8.95 Å². The van der Waals surface area contributed by atoms with Crippen molar-refractivity contribution >= 4 is 43.5 Å². The molecule has 0 aliphatic rings. The van der Waals surface area contributed by atoms with E-state index in [0.717, 1.165) is 14.6 Å². The minimum absolute atomic E-state index is 0.135. The fraction of sp³-hybridized carbons (Fsp3) is 0. The fourth-order valence-corrected chi connectivity index (χ4v) is 2.25. The second-order valence-electron chi connectivity index (χ2n) is 3.41. The number of carbonyl (C=O) groups excluding carboxylic acids is 1. The van der Waals surface area contributed by atoms with Crippen LogP contribution in [0.25, 0.3) is 0 Å². The van der Waals surface area contributed by atoms with Gasteiger partial charge in [0.2, 0.25) is 0 Å². The molecule has 2 rings (SSSR count). The van der Waals surface area contributed by atoms with Crippen molar-refractivity contribution < 1.29 is 4.79 Å². The lowest BCUT2D eigenvalue weighted by molar-refractivity contribution is 0.102. The summed E-state index contributed by atoms with van der Waals surface area (Å²) in [6.07, 6.45) is 0. The summed E-state index contributed by atoms with van der Waals surface area (Å²) in [7, 11) is 0. The standard InChI is InChI=1S/C13H9Br2NO/c14-10-6-2-1-5-9(10)13(17)16-12-8-4-3-7-11(12)15/h1-8H,(H,16,17). The number of anilines is 1. The summed E-state index contributed by atoms with van der Waals surface area (Å²) in [6, 6.07) is 14.8. The molecule has 0 spiro atoms. The highest BCUT2D eigenvalue weighted by atomic mass is 79.9. The fourth-order valence-electron chi connectivity index (χ4n) is 1.40. The van der Waals surface area contributed by atoms with E-state index in [1.165, 1.54) is 0 Å². The Hall–Kier alpha value is -1.13. The molecule has 0 heterocycles. The topological polar surface area (TPSA) is 29.1 Å². The molecule has 0 unspecified atom stereocenters. The van der Waals surface area contributed by atoms with E-state index in [4.69, 9.17) is 0 Å². The molecule has 0 saturated heterocycles. The predicted molar refractivity (Wildman–Crippen MR) is 76.2 cm³/mol. The molecule has 0 atom stereocenters. The van der Waals surface area contributed by atoms with Crippen LogP contribution in [-0.2, 0) is 0 Å². The third-order valence-electron chi connectivity index (χ3n) is 2.24. The molecule has 0 aromatic heterocycles. The lowest BCUT2D eigenvalue weighted by Crippen LogP contribution is -2.12. The molecule has 0 fully saturated rings. The van der Waals surface area contributed by atoms with Crippen molar-refractivity contribution in [3.8, 4) is 0 Å². The summed E-state index contributed by atoms with van der Waals surface area (Å²) in [5, 5.41) is 2.85. The van der Waals surface area contributed by atoms with Crippen LogP contribution in [0, 0.1) is 0 Å². The molecule has 0 saturated carbocycles. The molecule has 2 nitrogen and oxygen atoms in total. The molecule has 2 aromatic carbocycles. The number of nitrogens with one attached hydrogen (secondary N) is 1. The number of amides is 1. The number of rotatable bonds is 2. The van der Waals surface area contributed by atoms with Crippen molar-refractivity contribution in [1.29, 1.82) is 0 Å². The minimum atomic E-state index is -0.135. The van der Waals surface area contributed by atoms with Crippen molar-refractivity contribution in [2.45, 2.75) is 0 Å². The number of hydrogen-bond acceptors (Lipinski definition) is 1. The Labute approximate surface area is 116 Å². The van der Waals surface area contributed by atoms with Gasteiger partial charge in [-0.2, -0.15) is 0 Å². The molecule has 0 aliphatic heterocycles. The minimum Gasteiger partial charge on any atom is -0.321 e. The summed E-state index contributed by atoms with van der Waals surface area (Å²) >= 11 is 6.75. The summed E-state index contributed by atoms with van der Waals surface area (Å²) in [4.78, 5) is 12.0. The van der Waals surface area contributed by atoms with Crippen molar-refractivity contribution in [2.75, 3.05) is 5.32 Å². The Kier molecular flexibility index (Phi) is 3.97. The van der Waals surface area contributed by atoms with E-state index in [2.05, 4.69) is 37.2 Å². The third-order valence-corrected chi connectivity index (χ3v) is 3.62. The molecule has 2 aromatic rings. The zero-order chi connectivity index (χ0) is 12.3. The van der Waals surface area contributed by atoms with Crippen molar-refractivity contribution in [3.63, 3.8) is 0 Å². The lowest BCUT2D eigenvalue weighted by atomic mass is 10.2. The van der Waals surface area contributed by atoms with Crippen molar-refractivity contribution in [1.82, 2.24) is 0 Å². The number of benzene rings is 2. The highest BCUT2D eigenvalue weighted by Gasteiger charge is 2.10. The molecular weight excluding hydrogens is 346 g/mol. The van der Waals surface area contributed by atoms with Crippen molar-refractivity contribution in [3.05, 3.63) is 63.0 Å². The Morgan fingerprint density at radius 2 is 1.47 bits per heavy atom. The average molecular weight is 355 g/mol. The van der Waals surface area contributed by atoms with Crippen LogP contribution < -0.4 is 5.32 Å². The van der Waals surface area contributed by atoms with Gasteiger partial charge in [0.05, 0.1) is 11.3 Å². The Morgan fingerprint density at radius 1 is 0.882 bits per heavy atom. The van der Waals surface area contributed by atoms with Gasteiger partial charge < -0.3 is 5.32 Å². The Balaban J connectivity index is 2.24. The van der Waals surface area contributed by atoms with Gasteiger partial charge in [-0.1, -0.05) is 24.3 Å². The van der Waals surface area contributed by atoms with Crippen LogP contribution in [-0.4, -0.2) is 5.91 Å². The molecule has 1 N–H and O–H groups in total. The molecule has 0 bridgehead atoms. The summed E-state index contributed by atoms with van der Waals surface area (Å²) < 4.78 is 1.64. The van der Waals surface area contributed by atoms with Crippen LogP contribution in [0.4, 0.5) is 5.69 Å². The monoisotopic (exact) mass is 353 g/mol. The van der Waals surface area contributed by atoms with Gasteiger partial charge in [-0.25, -0.2) is 0 Å². The van der Waals surface area contributed by atoms with Crippen LogP contribution in [0.1, 0.15) is 10.4 Å². The van der Waals surface area contributed by atoms with E-state index in [0.29, 0.717) is 5.56 Å². The lowest BCUT2D eigenvalue weighted by Gasteiger charge is -2.08. The third kappa shape index (κ3) is 2.96. The number of para-hydroxylation sites is 1. The first-order valence-corrected chi connectivity index (χ1v) is 6.57. The van der Waals surface area contributed by atoms with Crippen LogP contribution in [0.2, 0.25) is 0 Å². The molecule has 0 radical (unpaired) electrons. The predicted octanol–water partition coefficient (Wildman–Crippen LogP) is 4.46. The molecule has 17 heavy (non-hydrogen) atoms. The Morgan fingerprint density at radius 3 is 2.12 bits per heavy atom. The first kappa shape index (κ1) is 12.3. The normalized spacial score (nSPS) is 10.0. The first-order chi connectivity index (χ1) is 8.18. The SMILES string of the molecule is O=C(Nc1ccccc1Br)c1ccccc1Br. The summed E-state index contributed by atoms with van der Waals surface area (Å²) in [5.41, 5.74) is 1.37. The number of hydrogen-bond donors (Lipinski definition) is 1. The number of halogens is 2. The zero-order valence-corrected chi connectivity index (χ0v) is 12.0. The molecule has 86 valence electrons. The maximum atomic E-state index is 12.0.